The SMILES string of the molecule is CC1CCC(NC(=O)c2cccs2)C(C)C1. The highest BCUT2D eigenvalue weighted by Gasteiger charge is 2.26. The Bertz CT molecular complexity index is 347. The third-order valence-corrected chi connectivity index (χ3v) is 4.36. The van der Waals surface area contributed by atoms with E-state index in [-0.39, 0.29) is 5.91 Å². The molecule has 1 amide bonds. The third-order valence-electron chi connectivity index (χ3n) is 3.49. The summed E-state index contributed by atoms with van der Waals surface area (Å²) in [5.41, 5.74) is 0. The molecule has 0 bridgehead atoms. The molecule has 16 heavy (non-hydrogen) atoms. The van der Waals surface area contributed by atoms with Crippen LogP contribution in [0.4, 0.5) is 0 Å². The highest BCUT2D eigenvalue weighted by atomic mass is 32.1. The molecule has 0 aromatic carbocycles. The maximum atomic E-state index is 11.9. The molecule has 1 fully saturated rings. The molecule has 0 spiro atoms. The molecule has 3 unspecified atom stereocenters. The van der Waals surface area contributed by atoms with Gasteiger partial charge in [0.1, 0.15) is 0 Å². The number of carbonyl (C=O) groups is 1. The summed E-state index contributed by atoms with van der Waals surface area (Å²) in [6.45, 7) is 4.54. The van der Waals surface area contributed by atoms with Gasteiger partial charge in [-0.3, -0.25) is 4.79 Å². The standard InChI is InChI=1S/C13H19NOS/c1-9-5-6-11(10(2)8-9)14-13(15)12-4-3-7-16-12/h3-4,7,9-11H,5-6,8H2,1-2H3,(H,14,15). The van der Waals surface area contributed by atoms with Gasteiger partial charge in [-0.25, -0.2) is 0 Å². The zero-order valence-electron chi connectivity index (χ0n) is 9.90. The van der Waals surface area contributed by atoms with E-state index in [2.05, 4.69) is 19.2 Å². The molecule has 1 aliphatic carbocycles. The van der Waals surface area contributed by atoms with Gasteiger partial charge < -0.3 is 5.32 Å². The van der Waals surface area contributed by atoms with Crippen LogP contribution in [-0.4, -0.2) is 11.9 Å². The third kappa shape index (κ3) is 2.64. The summed E-state index contributed by atoms with van der Waals surface area (Å²) < 4.78 is 0. The van der Waals surface area contributed by atoms with Crippen molar-refractivity contribution in [3.8, 4) is 0 Å². The summed E-state index contributed by atoms with van der Waals surface area (Å²) in [4.78, 5) is 12.7. The van der Waals surface area contributed by atoms with Crippen LogP contribution in [0.5, 0.6) is 0 Å². The van der Waals surface area contributed by atoms with E-state index in [0.29, 0.717) is 12.0 Å². The summed E-state index contributed by atoms with van der Waals surface area (Å²) in [5, 5.41) is 5.11. The van der Waals surface area contributed by atoms with Crippen LogP contribution in [0.2, 0.25) is 0 Å². The second kappa shape index (κ2) is 5.00. The molecule has 2 rings (SSSR count). The highest BCUT2D eigenvalue weighted by molar-refractivity contribution is 7.12. The van der Waals surface area contributed by atoms with Crippen LogP contribution in [0.1, 0.15) is 42.8 Å². The molecule has 3 heteroatoms. The van der Waals surface area contributed by atoms with Gasteiger partial charge in [0.25, 0.3) is 5.91 Å². The molecule has 3 atom stereocenters. The van der Waals surface area contributed by atoms with E-state index in [0.717, 1.165) is 17.2 Å². The maximum Gasteiger partial charge on any atom is 0.261 e. The Morgan fingerprint density at radius 3 is 2.88 bits per heavy atom. The quantitative estimate of drug-likeness (QED) is 0.840. The Hall–Kier alpha value is -0.830. The first-order chi connectivity index (χ1) is 7.66. The lowest BCUT2D eigenvalue weighted by Gasteiger charge is -2.33. The largest absolute Gasteiger partial charge is 0.348 e. The fraction of sp³-hybridized carbons (Fsp3) is 0.615. The average Bonchev–Trinajstić information content (AvgIpc) is 2.75. The Kier molecular flexibility index (Phi) is 3.64. The molecule has 1 aliphatic rings. The summed E-state index contributed by atoms with van der Waals surface area (Å²) in [5.74, 6) is 1.51. The minimum atomic E-state index is 0.0985. The lowest BCUT2D eigenvalue weighted by molar-refractivity contribution is 0.0904. The maximum absolute atomic E-state index is 11.9. The molecule has 2 nitrogen and oxygen atoms in total. The highest BCUT2D eigenvalue weighted by Crippen LogP contribution is 2.28. The van der Waals surface area contributed by atoms with Crippen molar-refractivity contribution in [1.82, 2.24) is 5.32 Å². The number of thiophene rings is 1. The van der Waals surface area contributed by atoms with E-state index < -0.39 is 0 Å². The molecule has 1 N–H and O–H groups in total. The number of hydrogen-bond donors (Lipinski definition) is 1. The van der Waals surface area contributed by atoms with Gasteiger partial charge in [-0.15, -0.1) is 11.3 Å². The summed E-state index contributed by atoms with van der Waals surface area (Å²) in [6, 6.07) is 4.17. The van der Waals surface area contributed by atoms with Crippen molar-refractivity contribution in [3.63, 3.8) is 0 Å². The van der Waals surface area contributed by atoms with Gasteiger partial charge in [-0.1, -0.05) is 19.9 Å². The average molecular weight is 237 g/mol. The van der Waals surface area contributed by atoms with Crippen molar-refractivity contribution in [2.45, 2.75) is 39.2 Å². The first kappa shape index (κ1) is 11.6. The topological polar surface area (TPSA) is 29.1 Å². The van der Waals surface area contributed by atoms with E-state index in [4.69, 9.17) is 0 Å². The second-order valence-electron chi connectivity index (χ2n) is 4.95. The molecule has 0 radical (unpaired) electrons. The van der Waals surface area contributed by atoms with Crippen molar-refractivity contribution >= 4 is 17.2 Å². The van der Waals surface area contributed by atoms with Gasteiger partial charge in [-0.2, -0.15) is 0 Å². The number of rotatable bonds is 2. The molecule has 0 saturated heterocycles. The predicted molar refractivity (Wildman–Crippen MR) is 67.8 cm³/mol. The molecule has 88 valence electrons. The minimum Gasteiger partial charge on any atom is -0.348 e. The molecule has 1 heterocycles. The second-order valence-corrected chi connectivity index (χ2v) is 5.90. The van der Waals surface area contributed by atoms with E-state index in [9.17, 15) is 4.79 Å². The van der Waals surface area contributed by atoms with Crippen LogP contribution in [0.25, 0.3) is 0 Å². The first-order valence-electron chi connectivity index (χ1n) is 6.01. The lowest BCUT2D eigenvalue weighted by atomic mass is 9.80. The normalized spacial score (nSPS) is 30.0. The van der Waals surface area contributed by atoms with Crippen LogP contribution < -0.4 is 5.32 Å². The van der Waals surface area contributed by atoms with Gasteiger partial charge in [0.05, 0.1) is 4.88 Å². The fourth-order valence-electron chi connectivity index (χ4n) is 2.53. The Labute approximate surface area is 101 Å². The van der Waals surface area contributed by atoms with Gasteiger partial charge >= 0.3 is 0 Å². The summed E-state index contributed by atoms with van der Waals surface area (Å²) >= 11 is 1.51. The van der Waals surface area contributed by atoms with Crippen molar-refractivity contribution in [3.05, 3.63) is 22.4 Å². The van der Waals surface area contributed by atoms with Crippen LogP contribution in [0.3, 0.4) is 0 Å². The monoisotopic (exact) mass is 237 g/mol. The molecule has 1 saturated carbocycles. The zero-order valence-corrected chi connectivity index (χ0v) is 10.7. The van der Waals surface area contributed by atoms with E-state index in [1.165, 1.54) is 24.2 Å². The first-order valence-corrected chi connectivity index (χ1v) is 6.89. The van der Waals surface area contributed by atoms with Crippen LogP contribution in [0.15, 0.2) is 17.5 Å². The number of amides is 1. The van der Waals surface area contributed by atoms with E-state index >= 15 is 0 Å². The molecule has 1 aromatic rings. The molecule has 0 aliphatic heterocycles. The number of hydrogen-bond acceptors (Lipinski definition) is 2. The summed E-state index contributed by atoms with van der Waals surface area (Å²) in [7, 11) is 0. The smallest absolute Gasteiger partial charge is 0.261 e. The Morgan fingerprint density at radius 1 is 1.44 bits per heavy atom. The van der Waals surface area contributed by atoms with Crippen molar-refractivity contribution in [2.75, 3.05) is 0 Å². The van der Waals surface area contributed by atoms with Gasteiger partial charge in [-0.05, 0) is 42.5 Å². The Balaban J connectivity index is 1.92. The number of nitrogens with one attached hydrogen (secondary N) is 1. The molecular formula is C13H19NOS. The number of carbonyl (C=O) groups excluding carboxylic acids is 1. The van der Waals surface area contributed by atoms with Gasteiger partial charge in [0.2, 0.25) is 0 Å². The van der Waals surface area contributed by atoms with E-state index in [1.54, 1.807) is 0 Å². The lowest BCUT2D eigenvalue weighted by Crippen LogP contribution is -2.42. The molecular weight excluding hydrogens is 218 g/mol. The van der Waals surface area contributed by atoms with Crippen LogP contribution >= 0.6 is 11.3 Å². The van der Waals surface area contributed by atoms with Crippen molar-refractivity contribution < 1.29 is 4.79 Å². The summed E-state index contributed by atoms with van der Waals surface area (Å²) in [6.07, 6.45) is 3.59. The van der Waals surface area contributed by atoms with Crippen LogP contribution in [0, 0.1) is 11.8 Å². The minimum absolute atomic E-state index is 0.0985. The molecule has 1 aromatic heterocycles. The predicted octanol–water partition coefficient (Wildman–Crippen LogP) is 3.30. The van der Waals surface area contributed by atoms with Crippen molar-refractivity contribution in [1.29, 1.82) is 0 Å². The van der Waals surface area contributed by atoms with Gasteiger partial charge in [0, 0.05) is 6.04 Å². The van der Waals surface area contributed by atoms with E-state index in [1.807, 2.05) is 17.5 Å². The Morgan fingerprint density at radius 2 is 2.25 bits per heavy atom. The van der Waals surface area contributed by atoms with Crippen LogP contribution in [-0.2, 0) is 0 Å². The van der Waals surface area contributed by atoms with Gasteiger partial charge in [0.15, 0.2) is 0 Å². The van der Waals surface area contributed by atoms with Crippen molar-refractivity contribution in [2.24, 2.45) is 11.8 Å². The zero-order chi connectivity index (χ0) is 11.5. The fourth-order valence-corrected chi connectivity index (χ4v) is 3.15.